The van der Waals surface area contributed by atoms with E-state index in [1.54, 1.807) is 0 Å². The van der Waals surface area contributed by atoms with Crippen molar-refractivity contribution in [2.24, 2.45) is 5.10 Å². The molecule has 0 atom stereocenters. The van der Waals surface area contributed by atoms with Gasteiger partial charge in [0.05, 0.1) is 5.71 Å². The quantitative estimate of drug-likeness (QED) is 0.414. The van der Waals surface area contributed by atoms with Crippen LogP contribution < -0.4 is 16.1 Å². The number of carbonyl (C=O) groups excluding carboxylic acids is 1. The number of amides is 1. The van der Waals surface area contributed by atoms with Crippen LogP contribution in [0.25, 0.3) is 0 Å². The minimum atomic E-state index is -0.108. The molecule has 0 saturated carbocycles. The lowest BCUT2D eigenvalue weighted by atomic mass is 10.0. The van der Waals surface area contributed by atoms with E-state index in [9.17, 15) is 4.79 Å². The van der Waals surface area contributed by atoms with Crippen LogP contribution in [0.2, 0.25) is 0 Å². The maximum Gasteiger partial charge on any atom is 0.221 e. The zero-order valence-electron chi connectivity index (χ0n) is 15.5. The average Bonchev–Trinajstić information content (AvgIpc) is 2.59. The van der Waals surface area contributed by atoms with E-state index < -0.39 is 0 Å². The van der Waals surface area contributed by atoms with Crippen LogP contribution in [0.4, 0.5) is 11.4 Å². The van der Waals surface area contributed by atoms with Gasteiger partial charge in [-0.2, -0.15) is 5.10 Å². The zero-order chi connectivity index (χ0) is 19.1. The van der Waals surface area contributed by atoms with Crippen molar-refractivity contribution >= 4 is 40.3 Å². The van der Waals surface area contributed by atoms with Gasteiger partial charge in [0.2, 0.25) is 5.91 Å². The Morgan fingerprint density at radius 2 is 1.69 bits per heavy atom. The molecule has 0 aliphatic heterocycles. The first-order valence-corrected chi connectivity index (χ1v) is 8.85. The van der Waals surface area contributed by atoms with Crippen molar-refractivity contribution in [2.75, 3.05) is 10.6 Å². The Labute approximate surface area is 159 Å². The molecule has 2 aromatic rings. The molecule has 2 rings (SSSR count). The molecule has 0 spiro atoms. The lowest BCUT2D eigenvalue weighted by Crippen LogP contribution is -2.25. The molecule has 0 saturated heterocycles. The highest BCUT2D eigenvalue weighted by Gasteiger charge is 2.03. The maximum absolute atomic E-state index is 11.2. The molecule has 0 heterocycles. The SMILES string of the molecule is CC(=O)Nc1cccc(/C(C)=N/NC(=S)Nc2ccc(C(C)C)cc2)c1. The van der Waals surface area contributed by atoms with Crippen LogP contribution in [0.3, 0.4) is 0 Å². The summed E-state index contributed by atoms with van der Waals surface area (Å²) in [5, 5.41) is 10.6. The van der Waals surface area contributed by atoms with E-state index in [1.165, 1.54) is 12.5 Å². The van der Waals surface area contributed by atoms with Gasteiger partial charge in [-0.3, -0.25) is 10.2 Å². The minimum Gasteiger partial charge on any atom is -0.331 e. The van der Waals surface area contributed by atoms with E-state index in [0.717, 1.165) is 22.6 Å². The first-order valence-electron chi connectivity index (χ1n) is 8.44. The summed E-state index contributed by atoms with van der Waals surface area (Å²) in [7, 11) is 0. The van der Waals surface area contributed by atoms with Crippen LogP contribution in [0.15, 0.2) is 53.6 Å². The highest BCUT2D eigenvalue weighted by atomic mass is 32.1. The summed E-state index contributed by atoms with van der Waals surface area (Å²) >= 11 is 5.29. The summed E-state index contributed by atoms with van der Waals surface area (Å²) in [6, 6.07) is 15.6. The number of rotatable bonds is 5. The van der Waals surface area contributed by atoms with E-state index in [-0.39, 0.29) is 5.91 Å². The van der Waals surface area contributed by atoms with Gasteiger partial charge in [-0.1, -0.05) is 38.1 Å². The molecular weight excluding hydrogens is 344 g/mol. The molecule has 5 nitrogen and oxygen atoms in total. The van der Waals surface area contributed by atoms with Crippen LogP contribution in [-0.2, 0) is 4.79 Å². The summed E-state index contributed by atoms with van der Waals surface area (Å²) in [5.74, 6) is 0.387. The number of benzene rings is 2. The first kappa shape index (κ1) is 19.6. The van der Waals surface area contributed by atoms with Crippen molar-refractivity contribution in [1.82, 2.24) is 5.43 Å². The predicted octanol–water partition coefficient (Wildman–Crippen LogP) is 4.48. The average molecular weight is 369 g/mol. The van der Waals surface area contributed by atoms with Gasteiger partial charge in [-0.15, -0.1) is 0 Å². The Bertz CT molecular complexity index is 813. The molecular formula is C20H24N4OS. The highest BCUT2D eigenvalue weighted by molar-refractivity contribution is 7.80. The molecule has 136 valence electrons. The summed E-state index contributed by atoms with van der Waals surface area (Å²) in [6.45, 7) is 7.67. The number of nitrogens with zero attached hydrogens (tertiary/aromatic N) is 1. The fraction of sp³-hybridized carbons (Fsp3) is 0.250. The molecule has 1 amide bonds. The Balaban J connectivity index is 1.97. The highest BCUT2D eigenvalue weighted by Crippen LogP contribution is 2.17. The van der Waals surface area contributed by atoms with Crippen molar-refractivity contribution in [3.63, 3.8) is 0 Å². The second-order valence-corrected chi connectivity index (χ2v) is 6.71. The Hall–Kier alpha value is -2.73. The molecule has 26 heavy (non-hydrogen) atoms. The molecule has 3 N–H and O–H groups in total. The van der Waals surface area contributed by atoms with Crippen LogP contribution in [-0.4, -0.2) is 16.7 Å². The molecule has 2 aromatic carbocycles. The smallest absolute Gasteiger partial charge is 0.221 e. The maximum atomic E-state index is 11.2. The summed E-state index contributed by atoms with van der Waals surface area (Å²) in [6.07, 6.45) is 0. The number of hydrogen-bond donors (Lipinski definition) is 3. The van der Waals surface area contributed by atoms with Gasteiger partial charge in [0.1, 0.15) is 0 Å². The standard InChI is InChI=1S/C20H24N4OS/c1-13(2)16-8-10-18(11-9-16)22-20(26)24-23-14(3)17-6-5-7-19(12-17)21-15(4)25/h5-13H,1-4H3,(H,21,25)(H2,22,24,26)/b23-14+. The van der Waals surface area contributed by atoms with Crippen LogP contribution >= 0.6 is 12.2 Å². The van der Waals surface area contributed by atoms with Gasteiger partial charge in [0, 0.05) is 18.3 Å². The molecule has 0 fully saturated rings. The zero-order valence-corrected chi connectivity index (χ0v) is 16.3. The fourth-order valence-corrected chi connectivity index (χ4v) is 2.50. The third kappa shape index (κ3) is 5.97. The topological polar surface area (TPSA) is 65.5 Å². The van der Waals surface area contributed by atoms with Crippen molar-refractivity contribution in [2.45, 2.75) is 33.6 Å². The lowest BCUT2D eigenvalue weighted by Gasteiger charge is -2.10. The van der Waals surface area contributed by atoms with Gasteiger partial charge in [-0.05, 0) is 60.5 Å². The monoisotopic (exact) mass is 368 g/mol. The molecule has 0 aliphatic carbocycles. The lowest BCUT2D eigenvalue weighted by molar-refractivity contribution is -0.114. The Kier molecular flexibility index (Phi) is 6.86. The van der Waals surface area contributed by atoms with E-state index in [4.69, 9.17) is 12.2 Å². The number of hydrogen-bond acceptors (Lipinski definition) is 3. The van der Waals surface area contributed by atoms with Gasteiger partial charge in [-0.25, -0.2) is 0 Å². The summed E-state index contributed by atoms with van der Waals surface area (Å²) in [5.41, 5.74) is 7.43. The number of carbonyl (C=O) groups is 1. The van der Waals surface area contributed by atoms with Crippen molar-refractivity contribution < 1.29 is 4.79 Å². The van der Waals surface area contributed by atoms with E-state index in [0.29, 0.717) is 11.0 Å². The predicted molar refractivity (Wildman–Crippen MR) is 113 cm³/mol. The van der Waals surface area contributed by atoms with E-state index in [1.807, 2.05) is 43.3 Å². The van der Waals surface area contributed by atoms with Gasteiger partial charge >= 0.3 is 0 Å². The number of hydrazone groups is 1. The molecule has 0 bridgehead atoms. The third-order valence-corrected chi connectivity index (χ3v) is 3.95. The van der Waals surface area contributed by atoms with Crippen molar-refractivity contribution in [3.05, 3.63) is 59.7 Å². The Morgan fingerprint density at radius 3 is 2.31 bits per heavy atom. The normalized spacial score (nSPS) is 11.2. The summed E-state index contributed by atoms with van der Waals surface area (Å²) < 4.78 is 0. The van der Waals surface area contributed by atoms with E-state index >= 15 is 0 Å². The minimum absolute atomic E-state index is 0.108. The van der Waals surface area contributed by atoms with Crippen molar-refractivity contribution in [1.29, 1.82) is 0 Å². The number of anilines is 2. The van der Waals surface area contributed by atoms with Crippen LogP contribution in [0.1, 0.15) is 44.7 Å². The number of nitrogens with one attached hydrogen (secondary N) is 3. The largest absolute Gasteiger partial charge is 0.331 e. The van der Waals surface area contributed by atoms with Gasteiger partial charge < -0.3 is 10.6 Å². The number of thiocarbonyl (C=S) groups is 1. The second-order valence-electron chi connectivity index (χ2n) is 6.30. The second kappa shape index (κ2) is 9.10. The molecule has 6 heteroatoms. The third-order valence-electron chi connectivity index (χ3n) is 3.76. The fourth-order valence-electron chi connectivity index (χ4n) is 2.33. The molecule has 0 aromatic heterocycles. The first-order chi connectivity index (χ1) is 12.3. The van der Waals surface area contributed by atoms with Gasteiger partial charge in [0.25, 0.3) is 0 Å². The van der Waals surface area contributed by atoms with E-state index in [2.05, 4.69) is 47.1 Å². The van der Waals surface area contributed by atoms with Gasteiger partial charge in [0.15, 0.2) is 5.11 Å². The Morgan fingerprint density at radius 1 is 1.00 bits per heavy atom. The molecule has 0 radical (unpaired) electrons. The molecule has 0 aliphatic rings. The van der Waals surface area contributed by atoms with Crippen LogP contribution in [0, 0.1) is 0 Å². The molecule has 0 unspecified atom stereocenters. The summed E-state index contributed by atoms with van der Waals surface area (Å²) in [4.78, 5) is 11.2. The van der Waals surface area contributed by atoms with Crippen LogP contribution in [0.5, 0.6) is 0 Å². The van der Waals surface area contributed by atoms with Crippen molar-refractivity contribution in [3.8, 4) is 0 Å².